The van der Waals surface area contributed by atoms with Gasteiger partial charge in [-0.2, -0.15) is 0 Å². The molecule has 4 nitrogen and oxygen atoms in total. The van der Waals surface area contributed by atoms with Crippen molar-refractivity contribution in [3.63, 3.8) is 0 Å². The summed E-state index contributed by atoms with van der Waals surface area (Å²) in [7, 11) is 1.64. The van der Waals surface area contributed by atoms with Gasteiger partial charge in [0.05, 0.1) is 7.11 Å². The minimum Gasteiger partial charge on any atom is -0.481 e. The predicted molar refractivity (Wildman–Crippen MR) is 77.3 cm³/mol. The summed E-state index contributed by atoms with van der Waals surface area (Å²) in [6.45, 7) is 8.04. The number of aromatic nitrogens is 1. The first-order chi connectivity index (χ1) is 9.28. The molecule has 1 N–H and O–H groups in total. The van der Waals surface area contributed by atoms with Crippen molar-refractivity contribution in [3.05, 3.63) is 23.9 Å². The van der Waals surface area contributed by atoms with Gasteiger partial charge in [0.1, 0.15) is 0 Å². The fourth-order valence-electron chi connectivity index (χ4n) is 2.57. The van der Waals surface area contributed by atoms with Gasteiger partial charge in [0.2, 0.25) is 5.88 Å². The van der Waals surface area contributed by atoms with E-state index in [0.29, 0.717) is 11.8 Å². The van der Waals surface area contributed by atoms with Crippen molar-refractivity contribution in [2.24, 2.45) is 5.92 Å². The first kappa shape index (κ1) is 14.3. The van der Waals surface area contributed by atoms with Crippen LogP contribution in [0.1, 0.15) is 25.3 Å². The second kappa shape index (κ2) is 7.46. The largest absolute Gasteiger partial charge is 0.481 e. The average Bonchev–Trinajstić information content (AvgIpc) is 2.92. The highest BCUT2D eigenvalue weighted by Crippen LogP contribution is 2.10. The molecule has 2 rings (SSSR count). The van der Waals surface area contributed by atoms with Crippen LogP contribution in [0.25, 0.3) is 0 Å². The first-order valence-electron chi connectivity index (χ1n) is 7.20. The Bertz CT molecular complexity index is 360. The van der Waals surface area contributed by atoms with E-state index in [0.717, 1.165) is 13.1 Å². The summed E-state index contributed by atoms with van der Waals surface area (Å²) in [6, 6.07) is 3.97. The van der Waals surface area contributed by atoms with Gasteiger partial charge < -0.3 is 15.0 Å². The monoisotopic (exact) mass is 263 g/mol. The van der Waals surface area contributed by atoms with Gasteiger partial charge in [0.15, 0.2) is 0 Å². The second-order valence-electron chi connectivity index (χ2n) is 5.45. The van der Waals surface area contributed by atoms with Crippen LogP contribution in [0.4, 0.5) is 0 Å². The number of methoxy groups -OCH3 is 1. The van der Waals surface area contributed by atoms with Crippen molar-refractivity contribution >= 4 is 0 Å². The summed E-state index contributed by atoms with van der Waals surface area (Å²) in [5.41, 5.74) is 1.20. The van der Waals surface area contributed by atoms with E-state index >= 15 is 0 Å². The Morgan fingerprint density at radius 1 is 1.37 bits per heavy atom. The lowest BCUT2D eigenvalue weighted by molar-refractivity contribution is 0.282. The molecule has 0 aromatic carbocycles. The Kier molecular flexibility index (Phi) is 5.61. The van der Waals surface area contributed by atoms with Gasteiger partial charge in [-0.25, -0.2) is 4.98 Å². The molecule has 0 saturated carbocycles. The fourth-order valence-corrected chi connectivity index (χ4v) is 2.57. The quantitative estimate of drug-likeness (QED) is 0.815. The summed E-state index contributed by atoms with van der Waals surface area (Å²) in [5, 5.41) is 3.51. The molecular formula is C15H25N3O. The van der Waals surface area contributed by atoms with Crippen molar-refractivity contribution in [3.8, 4) is 5.88 Å². The lowest BCUT2D eigenvalue weighted by Crippen LogP contribution is -2.31. The van der Waals surface area contributed by atoms with Crippen LogP contribution >= 0.6 is 0 Å². The summed E-state index contributed by atoms with van der Waals surface area (Å²) in [5.74, 6) is 1.37. The van der Waals surface area contributed by atoms with E-state index in [1.165, 1.54) is 38.0 Å². The van der Waals surface area contributed by atoms with E-state index in [9.17, 15) is 0 Å². The van der Waals surface area contributed by atoms with Crippen LogP contribution in [-0.4, -0.2) is 43.2 Å². The molecule has 0 spiro atoms. The lowest BCUT2D eigenvalue weighted by Gasteiger charge is -2.20. The Hall–Kier alpha value is -1.13. The molecule has 1 aromatic rings. The maximum atomic E-state index is 5.05. The molecule has 19 heavy (non-hydrogen) atoms. The number of hydrogen-bond acceptors (Lipinski definition) is 4. The number of rotatable bonds is 7. The summed E-state index contributed by atoms with van der Waals surface area (Å²) in [4.78, 5) is 6.78. The van der Waals surface area contributed by atoms with E-state index in [-0.39, 0.29) is 0 Å². The van der Waals surface area contributed by atoms with E-state index < -0.39 is 0 Å². The molecule has 1 unspecified atom stereocenters. The maximum absolute atomic E-state index is 5.05. The highest BCUT2D eigenvalue weighted by molar-refractivity contribution is 5.17. The highest BCUT2D eigenvalue weighted by Gasteiger charge is 2.14. The molecule has 1 fully saturated rings. The Balaban J connectivity index is 1.64. The number of nitrogens with zero attached hydrogens (tertiary/aromatic N) is 2. The molecule has 0 bridgehead atoms. The summed E-state index contributed by atoms with van der Waals surface area (Å²) < 4.78 is 5.05. The van der Waals surface area contributed by atoms with Crippen LogP contribution in [0, 0.1) is 5.92 Å². The van der Waals surface area contributed by atoms with Crippen LogP contribution in [-0.2, 0) is 6.54 Å². The zero-order chi connectivity index (χ0) is 13.5. The number of hydrogen-bond donors (Lipinski definition) is 1. The number of nitrogens with one attached hydrogen (secondary N) is 1. The number of ether oxygens (including phenoxy) is 1. The molecule has 0 amide bonds. The van der Waals surface area contributed by atoms with Crippen LogP contribution in [0.2, 0.25) is 0 Å². The molecule has 1 saturated heterocycles. The van der Waals surface area contributed by atoms with Crippen LogP contribution in [0.5, 0.6) is 5.88 Å². The summed E-state index contributed by atoms with van der Waals surface area (Å²) in [6.07, 6.45) is 4.62. The predicted octanol–water partition coefficient (Wildman–Crippen LogP) is 1.91. The van der Waals surface area contributed by atoms with Crippen LogP contribution in [0.3, 0.4) is 0 Å². The van der Waals surface area contributed by atoms with Gasteiger partial charge in [0, 0.05) is 25.4 Å². The third-order valence-corrected chi connectivity index (χ3v) is 3.60. The first-order valence-corrected chi connectivity index (χ1v) is 7.20. The smallest absolute Gasteiger partial charge is 0.212 e. The van der Waals surface area contributed by atoms with Crippen LogP contribution < -0.4 is 10.1 Å². The summed E-state index contributed by atoms with van der Waals surface area (Å²) >= 11 is 0. The van der Waals surface area contributed by atoms with Gasteiger partial charge in [-0.3, -0.25) is 0 Å². The van der Waals surface area contributed by atoms with Gasteiger partial charge >= 0.3 is 0 Å². The Morgan fingerprint density at radius 2 is 2.16 bits per heavy atom. The van der Waals surface area contributed by atoms with Gasteiger partial charge in [-0.1, -0.05) is 13.0 Å². The minimum atomic E-state index is 0.672. The normalized spacial score (nSPS) is 17.6. The molecule has 0 radical (unpaired) electrons. The topological polar surface area (TPSA) is 37.4 Å². The van der Waals surface area contributed by atoms with Crippen molar-refractivity contribution in [1.29, 1.82) is 0 Å². The SMILES string of the molecule is COc1ccc(CNCC(C)CN2CCCC2)cn1. The maximum Gasteiger partial charge on any atom is 0.212 e. The zero-order valence-electron chi connectivity index (χ0n) is 12.1. The molecule has 1 aromatic heterocycles. The van der Waals surface area contributed by atoms with E-state index in [2.05, 4.69) is 28.2 Å². The third-order valence-electron chi connectivity index (χ3n) is 3.60. The van der Waals surface area contributed by atoms with Crippen LogP contribution in [0.15, 0.2) is 18.3 Å². The Morgan fingerprint density at radius 3 is 2.79 bits per heavy atom. The van der Waals surface area contributed by atoms with Crippen molar-refractivity contribution in [2.75, 3.05) is 33.3 Å². The van der Waals surface area contributed by atoms with E-state index in [1.807, 2.05) is 12.3 Å². The van der Waals surface area contributed by atoms with Gasteiger partial charge in [-0.05, 0) is 44.0 Å². The van der Waals surface area contributed by atoms with Crippen molar-refractivity contribution in [2.45, 2.75) is 26.3 Å². The highest BCUT2D eigenvalue weighted by atomic mass is 16.5. The van der Waals surface area contributed by atoms with Gasteiger partial charge in [-0.15, -0.1) is 0 Å². The molecule has 1 aliphatic rings. The molecule has 0 aliphatic carbocycles. The lowest BCUT2D eigenvalue weighted by atomic mass is 10.1. The average molecular weight is 263 g/mol. The molecule has 4 heteroatoms. The zero-order valence-corrected chi connectivity index (χ0v) is 12.1. The fraction of sp³-hybridized carbons (Fsp3) is 0.667. The Labute approximate surface area is 116 Å². The second-order valence-corrected chi connectivity index (χ2v) is 5.45. The molecule has 106 valence electrons. The molecule has 1 atom stereocenters. The standard InChI is InChI=1S/C15H25N3O/c1-13(12-18-7-3-4-8-18)9-16-10-14-5-6-15(19-2)17-11-14/h5-6,11,13,16H,3-4,7-10,12H2,1-2H3. The van der Waals surface area contributed by atoms with E-state index in [1.54, 1.807) is 7.11 Å². The molecule has 1 aliphatic heterocycles. The van der Waals surface area contributed by atoms with E-state index in [4.69, 9.17) is 4.74 Å². The van der Waals surface area contributed by atoms with Crippen molar-refractivity contribution in [1.82, 2.24) is 15.2 Å². The molecular weight excluding hydrogens is 238 g/mol. The van der Waals surface area contributed by atoms with Crippen molar-refractivity contribution < 1.29 is 4.74 Å². The number of pyridine rings is 1. The molecule has 2 heterocycles. The number of likely N-dealkylation sites (tertiary alicyclic amines) is 1. The van der Waals surface area contributed by atoms with Gasteiger partial charge in [0.25, 0.3) is 0 Å². The third kappa shape index (κ3) is 4.80. The minimum absolute atomic E-state index is 0.672.